The van der Waals surface area contributed by atoms with Crippen molar-refractivity contribution in [3.8, 4) is 17.5 Å². The van der Waals surface area contributed by atoms with E-state index in [0.29, 0.717) is 17.5 Å². The van der Waals surface area contributed by atoms with Crippen LogP contribution in [-0.2, 0) is 16.3 Å². The third-order valence-corrected chi connectivity index (χ3v) is 4.75. The predicted octanol–water partition coefficient (Wildman–Crippen LogP) is 1.73. The fraction of sp³-hybridized carbons (Fsp3) is 0.125. The third-order valence-electron chi connectivity index (χ3n) is 3.61. The maximum atomic E-state index is 12.1. The second kappa shape index (κ2) is 6.22. The average Bonchev–Trinajstić information content (AvgIpc) is 3.08. The van der Waals surface area contributed by atoms with Crippen molar-refractivity contribution in [2.75, 3.05) is 6.26 Å². The molecule has 0 atom stereocenters. The van der Waals surface area contributed by atoms with E-state index in [-0.39, 0.29) is 10.7 Å². The van der Waals surface area contributed by atoms with E-state index in [2.05, 4.69) is 26.7 Å². The van der Waals surface area contributed by atoms with Crippen LogP contribution in [0.4, 0.5) is 0 Å². The number of rotatable bonds is 4. The van der Waals surface area contributed by atoms with Gasteiger partial charge in [-0.3, -0.25) is 0 Å². The molecule has 0 saturated carbocycles. The molecule has 0 amide bonds. The van der Waals surface area contributed by atoms with E-state index < -0.39 is 9.84 Å². The number of nitrogens with one attached hydrogen (secondary N) is 1. The third kappa shape index (κ3) is 3.02. The smallest absolute Gasteiger partial charge is 0.181 e. The lowest BCUT2D eigenvalue weighted by Gasteiger charge is -2.12. The van der Waals surface area contributed by atoms with E-state index >= 15 is 0 Å². The Labute approximate surface area is 138 Å². The molecule has 0 aliphatic heterocycles. The van der Waals surface area contributed by atoms with Crippen LogP contribution in [0.25, 0.3) is 11.4 Å². The van der Waals surface area contributed by atoms with Crippen LogP contribution in [0.1, 0.15) is 16.7 Å². The van der Waals surface area contributed by atoms with Gasteiger partial charge in [0.15, 0.2) is 15.7 Å². The number of sulfone groups is 1. The Balaban J connectivity index is 2.21. The number of hydrogen-bond acceptors (Lipinski definition) is 6. The highest BCUT2D eigenvalue weighted by molar-refractivity contribution is 7.90. The van der Waals surface area contributed by atoms with Crippen LogP contribution >= 0.6 is 0 Å². The van der Waals surface area contributed by atoms with E-state index in [4.69, 9.17) is 0 Å². The Morgan fingerprint density at radius 1 is 1.12 bits per heavy atom. The molecule has 3 rings (SSSR count). The van der Waals surface area contributed by atoms with Crippen molar-refractivity contribution in [2.24, 2.45) is 0 Å². The summed E-state index contributed by atoms with van der Waals surface area (Å²) in [6.07, 6.45) is 1.53. The van der Waals surface area contributed by atoms with Crippen LogP contribution < -0.4 is 0 Å². The molecule has 7 nitrogen and oxygen atoms in total. The largest absolute Gasteiger partial charge is 0.239 e. The number of aromatic amines is 1. The predicted molar refractivity (Wildman–Crippen MR) is 86.7 cm³/mol. The maximum absolute atomic E-state index is 12.1. The minimum atomic E-state index is -3.47. The molecule has 0 aliphatic rings. The van der Waals surface area contributed by atoms with Crippen LogP contribution in [-0.4, -0.2) is 35.3 Å². The van der Waals surface area contributed by atoms with Gasteiger partial charge in [-0.25, -0.2) is 13.5 Å². The van der Waals surface area contributed by atoms with Crippen molar-refractivity contribution >= 4 is 9.84 Å². The van der Waals surface area contributed by atoms with Gasteiger partial charge in [0.1, 0.15) is 0 Å². The van der Waals surface area contributed by atoms with Gasteiger partial charge >= 0.3 is 0 Å². The van der Waals surface area contributed by atoms with Crippen molar-refractivity contribution in [3.63, 3.8) is 0 Å². The zero-order chi connectivity index (χ0) is 17.2. The second-order valence-electron chi connectivity index (χ2n) is 5.26. The summed E-state index contributed by atoms with van der Waals surface area (Å²) in [4.78, 5) is 0.146. The minimum Gasteiger partial charge on any atom is -0.239 e. The van der Waals surface area contributed by atoms with Crippen LogP contribution in [0.15, 0.2) is 47.4 Å². The van der Waals surface area contributed by atoms with Crippen molar-refractivity contribution in [1.29, 1.82) is 5.26 Å². The molecule has 0 spiro atoms. The number of nitrogens with zero attached hydrogens (tertiary/aromatic N) is 4. The van der Waals surface area contributed by atoms with E-state index in [0.717, 1.165) is 17.4 Å². The molecule has 120 valence electrons. The number of tetrazole rings is 1. The average molecular weight is 339 g/mol. The standard InChI is InChI=1S/C16H13N5O2S/c1-24(22,23)14-8-4-7-12(15(14)16-18-20-21-19-16)9-11-5-2-3-6-13(11)10-17/h2-8H,9H2,1H3,(H,18,19,20,21). The van der Waals surface area contributed by atoms with Gasteiger partial charge in [0.2, 0.25) is 0 Å². The zero-order valence-electron chi connectivity index (χ0n) is 12.8. The van der Waals surface area contributed by atoms with Crippen molar-refractivity contribution in [3.05, 3.63) is 59.2 Å². The Bertz CT molecular complexity index is 1020. The summed E-state index contributed by atoms with van der Waals surface area (Å²) >= 11 is 0. The second-order valence-corrected chi connectivity index (χ2v) is 7.24. The summed E-state index contributed by atoms with van der Waals surface area (Å²) < 4.78 is 24.3. The highest BCUT2D eigenvalue weighted by atomic mass is 32.2. The molecule has 1 N–H and O–H groups in total. The fourth-order valence-electron chi connectivity index (χ4n) is 2.56. The zero-order valence-corrected chi connectivity index (χ0v) is 13.6. The van der Waals surface area contributed by atoms with Gasteiger partial charge in [0, 0.05) is 11.8 Å². The molecule has 0 aliphatic carbocycles. The first-order valence-electron chi connectivity index (χ1n) is 7.05. The van der Waals surface area contributed by atoms with Gasteiger partial charge in [-0.15, -0.1) is 5.10 Å². The molecule has 0 fully saturated rings. The number of hydrogen-bond donors (Lipinski definition) is 1. The van der Waals surface area contributed by atoms with Gasteiger partial charge in [-0.1, -0.05) is 30.3 Å². The highest BCUT2D eigenvalue weighted by Crippen LogP contribution is 2.30. The summed E-state index contributed by atoms with van der Waals surface area (Å²) in [6.45, 7) is 0. The molecular weight excluding hydrogens is 326 g/mol. The van der Waals surface area contributed by atoms with Crippen LogP contribution in [0, 0.1) is 11.3 Å². The summed E-state index contributed by atoms with van der Waals surface area (Å²) in [5.41, 5.74) is 2.50. The number of H-pyrrole nitrogens is 1. The van der Waals surface area contributed by atoms with E-state index in [1.807, 2.05) is 12.1 Å². The maximum Gasteiger partial charge on any atom is 0.181 e. The molecule has 24 heavy (non-hydrogen) atoms. The molecule has 8 heteroatoms. The van der Waals surface area contributed by atoms with Gasteiger partial charge in [0.25, 0.3) is 0 Å². The van der Waals surface area contributed by atoms with Crippen molar-refractivity contribution < 1.29 is 8.42 Å². The van der Waals surface area contributed by atoms with E-state index in [1.165, 1.54) is 6.07 Å². The SMILES string of the molecule is CS(=O)(=O)c1cccc(Cc2ccccc2C#N)c1-c1nnn[nH]1. The quantitative estimate of drug-likeness (QED) is 0.774. The Kier molecular flexibility index (Phi) is 4.10. The highest BCUT2D eigenvalue weighted by Gasteiger charge is 2.21. The summed E-state index contributed by atoms with van der Waals surface area (Å²) in [5.74, 6) is 0.278. The normalized spacial score (nSPS) is 11.2. The molecule has 0 bridgehead atoms. The lowest BCUT2D eigenvalue weighted by atomic mass is 9.96. The minimum absolute atomic E-state index is 0.146. The Morgan fingerprint density at radius 2 is 1.88 bits per heavy atom. The molecule has 0 saturated heterocycles. The summed E-state index contributed by atoms with van der Waals surface area (Å²) in [7, 11) is -3.47. The molecule has 1 heterocycles. The Hall–Kier alpha value is -3.05. The molecule has 0 unspecified atom stereocenters. The van der Waals surface area contributed by atoms with Crippen molar-refractivity contribution in [1.82, 2.24) is 20.6 Å². The molecule has 2 aromatic carbocycles. The first-order chi connectivity index (χ1) is 11.5. The van der Waals surface area contributed by atoms with E-state index in [9.17, 15) is 13.7 Å². The van der Waals surface area contributed by atoms with Gasteiger partial charge in [-0.05, 0) is 40.1 Å². The van der Waals surface area contributed by atoms with Gasteiger partial charge < -0.3 is 0 Å². The molecule has 1 aromatic heterocycles. The lowest BCUT2D eigenvalue weighted by molar-refractivity contribution is 0.602. The fourth-order valence-corrected chi connectivity index (χ4v) is 3.48. The first-order valence-corrected chi connectivity index (χ1v) is 8.94. The molecule has 3 aromatic rings. The van der Waals surface area contributed by atoms with Gasteiger partial charge in [-0.2, -0.15) is 5.26 Å². The number of aromatic nitrogens is 4. The molecule has 0 radical (unpaired) electrons. The van der Waals surface area contributed by atoms with Crippen LogP contribution in [0.5, 0.6) is 0 Å². The molecular formula is C16H13N5O2S. The number of benzene rings is 2. The van der Waals surface area contributed by atoms with Gasteiger partial charge in [0.05, 0.1) is 16.5 Å². The summed E-state index contributed by atoms with van der Waals surface area (Å²) in [6, 6.07) is 14.3. The van der Waals surface area contributed by atoms with Crippen molar-refractivity contribution in [2.45, 2.75) is 11.3 Å². The summed E-state index contributed by atoms with van der Waals surface area (Å²) in [5, 5.41) is 22.8. The van der Waals surface area contributed by atoms with Crippen LogP contribution in [0.2, 0.25) is 0 Å². The Morgan fingerprint density at radius 3 is 2.54 bits per heavy atom. The monoisotopic (exact) mass is 339 g/mol. The first kappa shape index (κ1) is 15.8. The van der Waals surface area contributed by atoms with Crippen LogP contribution in [0.3, 0.4) is 0 Å². The van der Waals surface area contributed by atoms with E-state index in [1.54, 1.807) is 24.3 Å². The topological polar surface area (TPSA) is 112 Å². The number of nitriles is 1. The lowest BCUT2D eigenvalue weighted by Crippen LogP contribution is -2.05.